The number of para-hydroxylation sites is 1. The van der Waals surface area contributed by atoms with Gasteiger partial charge >= 0.3 is 0 Å². The second-order valence-electron chi connectivity index (χ2n) is 7.76. The van der Waals surface area contributed by atoms with E-state index in [1.807, 2.05) is 6.07 Å². The highest BCUT2D eigenvalue weighted by molar-refractivity contribution is 5.86. The number of hydrogen-bond donors (Lipinski definition) is 0. The van der Waals surface area contributed by atoms with Crippen molar-refractivity contribution in [2.24, 2.45) is 0 Å². The molecule has 0 aliphatic heterocycles. The van der Waals surface area contributed by atoms with Gasteiger partial charge in [0.1, 0.15) is 17.1 Å². The van der Waals surface area contributed by atoms with Gasteiger partial charge in [-0.3, -0.25) is 0 Å². The van der Waals surface area contributed by atoms with Gasteiger partial charge < -0.3 is 9.47 Å². The fraction of sp³-hybridized carbons (Fsp3) is 0.222. The van der Waals surface area contributed by atoms with Gasteiger partial charge in [-0.2, -0.15) is 0 Å². The van der Waals surface area contributed by atoms with Crippen molar-refractivity contribution < 1.29 is 13.9 Å². The van der Waals surface area contributed by atoms with Gasteiger partial charge in [0.2, 0.25) is 5.88 Å². The summed E-state index contributed by atoms with van der Waals surface area (Å²) in [6.07, 6.45) is 1.52. The van der Waals surface area contributed by atoms with E-state index < -0.39 is 0 Å². The highest BCUT2D eigenvalue weighted by Gasteiger charge is 2.12. The number of aromatic nitrogens is 1. The van der Waals surface area contributed by atoms with Crippen LogP contribution < -0.4 is 9.47 Å². The van der Waals surface area contributed by atoms with Crippen LogP contribution in [-0.2, 0) is 12.8 Å². The van der Waals surface area contributed by atoms with E-state index in [0.29, 0.717) is 30.2 Å². The SMILES string of the molecule is Cc1ccc(CCOc2cc(OCCc3ccc(C)cc3)c3cccc(F)c3n2)cc1. The van der Waals surface area contributed by atoms with E-state index in [2.05, 4.69) is 67.4 Å². The van der Waals surface area contributed by atoms with Crippen LogP contribution in [0.3, 0.4) is 0 Å². The highest BCUT2D eigenvalue weighted by Crippen LogP contribution is 2.30. The normalized spacial score (nSPS) is 10.9. The number of pyridine rings is 1. The van der Waals surface area contributed by atoms with Crippen LogP contribution in [0.2, 0.25) is 0 Å². The Morgan fingerprint density at radius 1 is 0.742 bits per heavy atom. The second kappa shape index (κ2) is 9.61. The summed E-state index contributed by atoms with van der Waals surface area (Å²) < 4.78 is 26.3. The van der Waals surface area contributed by atoms with Crippen molar-refractivity contribution in [1.29, 1.82) is 0 Å². The Hall–Kier alpha value is -3.40. The summed E-state index contributed by atoms with van der Waals surface area (Å²) in [5, 5.41) is 0.648. The van der Waals surface area contributed by atoms with E-state index in [4.69, 9.17) is 9.47 Å². The van der Waals surface area contributed by atoms with Crippen molar-refractivity contribution in [3.8, 4) is 11.6 Å². The highest BCUT2D eigenvalue weighted by atomic mass is 19.1. The van der Waals surface area contributed by atoms with Gasteiger partial charge in [0, 0.05) is 24.3 Å². The first kappa shape index (κ1) is 20.9. The van der Waals surface area contributed by atoms with Gasteiger partial charge in [0.15, 0.2) is 0 Å². The van der Waals surface area contributed by atoms with Crippen LogP contribution in [0.15, 0.2) is 72.8 Å². The fourth-order valence-electron chi connectivity index (χ4n) is 3.42. The van der Waals surface area contributed by atoms with Crippen LogP contribution in [0.25, 0.3) is 10.9 Å². The van der Waals surface area contributed by atoms with Gasteiger partial charge in [0.25, 0.3) is 0 Å². The standard InChI is InChI=1S/C27H26FNO2/c1-19-6-10-21(11-7-19)14-16-30-25-18-26(29-27-23(25)4-3-5-24(27)28)31-17-15-22-12-8-20(2)9-13-22/h3-13,18H,14-17H2,1-2H3. The number of rotatable bonds is 8. The van der Waals surface area contributed by atoms with Crippen molar-refractivity contribution in [3.63, 3.8) is 0 Å². The third-order valence-electron chi connectivity index (χ3n) is 5.26. The molecule has 0 spiro atoms. The lowest BCUT2D eigenvalue weighted by molar-refractivity contribution is 0.300. The second-order valence-corrected chi connectivity index (χ2v) is 7.76. The maximum absolute atomic E-state index is 14.4. The molecule has 0 amide bonds. The zero-order valence-corrected chi connectivity index (χ0v) is 17.9. The number of halogens is 1. The average molecular weight is 416 g/mol. The number of benzene rings is 3. The zero-order valence-electron chi connectivity index (χ0n) is 17.9. The Balaban J connectivity index is 1.47. The minimum atomic E-state index is -0.384. The fourth-order valence-corrected chi connectivity index (χ4v) is 3.42. The van der Waals surface area contributed by atoms with Gasteiger partial charge in [-0.05, 0) is 37.1 Å². The number of fused-ring (bicyclic) bond motifs is 1. The number of hydrogen-bond acceptors (Lipinski definition) is 3. The summed E-state index contributed by atoms with van der Waals surface area (Å²) in [5.41, 5.74) is 5.11. The summed E-state index contributed by atoms with van der Waals surface area (Å²) in [7, 11) is 0. The largest absolute Gasteiger partial charge is 0.492 e. The quantitative estimate of drug-likeness (QED) is 0.342. The maximum Gasteiger partial charge on any atom is 0.217 e. The van der Waals surface area contributed by atoms with Gasteiger partial charge in [-0.15, -0.1) is 0 Å². The van der Waals surface area contributed by atoms with Crippen LogP contribution in [0.5, 0.6) is 11.6 Å². The number of nitrogens with zero attached hydrogens (tertiary/aromatic N) is 1. The molecule has 3 nitrogen and oxygen atoms in total. The molecule has 1 heterocycles. The molecule has 0 unspecified atom stereocenters. The van der Waals surface area contributed by atoms with Gasteiger partial charge in [0.05, 0.1) is 13.2 Å². The van der Waals surface area contributed by atoms with Crippen LogP contribution in [0, 0.1) is 19.7 Å². The summed E-state index contributed by atoms with van der Waals surface area (Å²) in [4.78, 5) is 4.38. The van der Waals surface area contributed by atoms with Crippen molar-refractivity contribution >= 4 is 10.9 Å². The summed E-state index contributed by atoms with van der Waals surface area (Å²) >= 11 is 0. The molecule has 4 aromatic rings. The average Bonchev–Trinajstić information content (AvgIpc) is 2.77. The molecule has 0 bridgehead atoms. The molecule has 0 atom stereocenters. The molecule has 158 valence electrons. The lowest BCUT2D eigenvalue weighted by atomic mass is 10.1. The molecule has 3 aromatic carbocycles. The third kappa shape index (κ3) is 5.40. The van der Waals surface area contributed by atoms with E-state index in [1.165, 1.54) is 28.3 Å². The first-order valence-electron chi connectivity index (χ1n) is 10.5. The Kier molecular flexibility index (Phi) is 6.46. The van der Waals surface area contributed by atoms with Crippen LogP contribution in [0.1, 0.15) is 22.3 Å². The molecule has 0 N–H and O–H groups in total. The number of ether oxygens (including phenoxy) is 2. The Morgan fingerprint density at radius 3 is 1.94 bits per heavy atom. The third-order valence-corrected chi connectivity index (χ3v) is 5.26. The first-order valence-corrected chi connectivity index (χ1v) is 10.5. The van der Waals surface area contributed by atoms with E-state index >= 15 is 0 Å². The molecule has 0 aliphatic rings. The van der Waals surface area contributed by atoms with Gasteiger partial charge in [-0.25, -0.2) is 9.37 Å². The van der Waals surface area contributed by atoms with Crippen molar-refractivity contribution in [2.75, 3.05) is 13.2 Å². The maximum atomic E-state index is 14.4. The predicted octanol–water partition coefficient (Wildman–Crippen LogP) is 6.23. The molecular weight excluding hydrogens is 389 g/mol. The van der Waals surface area contributed by atoms with Crippen molar-refractivity contribution in [3.05, 3.63) is 101 Å². The molecule has 31 heavy (non-hydrogen) atoms. The molecule has 0 fully saturated rings. The van der Waals surface area contributed by atoms with Crippen LogP contribution >= 0.6 is 0 Å². The molecule has 0 saturated heterocycles. The monoisotopic (exact) mass is 415 g/mol. The minimum Gasteiger partial charge on any atom is -0.492 e. The predicted molar refractivity (Wildman–Crippen MR) is 122 cm³/mol. The lowest BCUT2D eigenvalue weighted by Crippen LogP contribution is -2.06. The zero-order chi connectivity index (χ0) is 21.6. The summed E-state index contributed by atoms with van der Waals surface area (Å²) in [6, 6.07) is 23.4. The topological polar surface area (TPSA) is 31.4 Å². The molecular formula is C27H26FNO2. The van der Waals surface area contributed by atoms with Crippen LogP contribution in [0.4, 0.5) is 4.39 Å². The molecule has 4 heteroatoms. The molecule has 0 aliphatic carbocycles. The van der Waals surface area contributed by atoms with E-state index in [-0.39, 0.29) is 11.3 Å². The van der Waals surface area contributed by atoms with Crippen molar-refractivity contribution in [1.82, 2.24) is 4.98 Å². The van der Waals surface area contributed by atoms with Crippen LogP contribution in [-0.4, -0.2) is 18.2 Å². The molecule has 1 aromatic heterocycles. The van der Waals surface area contributed by atoms with E-state index in [9.17, 15) is 4.39 Å². The molecule has 0 saturated carbocycles. The Bertz CT molecular complexity index is 1150. The number of aryl methyl sites for hydroxylation is 2. The van der Waals surface area contributed by atoms with Gasteiger partial charge in [-0.1, -0.05) is 65.7 Å². The molecule has 0 radical (unpaired) electrons. The molecule has 4 rings (SSSR count). The Morgan fingerprint density at radius 2 is 1.32 bits per heavy atom. The Labute approximate surface area is 182 Å². The first-order chi connectivity index (χ1) is 15.1. The minimum absolute atomic E-state index is 0.265. The van der Waals surface area contributed by atoms with E-state index in [1.54, 1.807) is 12.1 Å². The summed E-state index contributed by atoms with van der Waals surface area (Å²) in [5.74, 6) is 0.571. The lowest BCUT2D eigenvalue weighted by Gasteiger charge is -2.13. The summed E-state index contributed by atoms with van der Waals surface area (Å²) in [6.45, 7) is 5.08. The van der Waals surface area contributed by atoms with E-state index in [0.717, 1.165) is 12.8 Å². The van der Waals surface area contributed by atoms with Crippen molar-refractivity contribution in [2.45, 2.75) is 26.7 Å². The smallest absolute Gasteiger partial charge is 0.217 e.